The zero-order valence-corrected chi connectivity index (χ0v) is 13.1. The quantitative estimate of drug-likeness (QED) is 0.743. The zero-order chi connectivity index (χ0) is 15.8. The second-order valence-corrected chi connectivity index (χ2v) is 6.16. The lowest BCUT2D eigenvalue weighted by atomic mass is 10.2. The van der Waals surface area contributed by atoms with Crippen LogP contribution in [0.25, 0.3) is 11.0 Å². The van der Waals surface area contributed by atoms with E-state index in [0.29, 0.717) is 6.54 Å². The predicted molar refractivity (Wildman–Crippen MR) is 90.1 cm³/mol. The summed E-state index contributed by atoms with van der Waals surface area (Å²) in [5, 5.41) is 0. The average molecular weight is 310 g/mol. The Morgan fingerprint density at radius 1 is 1.09 bits per heavy atom. The SMILES string of the molecule is CN1CCN(c2ccc3c(c2)ncn3Cc2ccc(F)cc2)C1. The Labute approximate surface area is 134 Å². The molecule has 0 N–H and O–H groups in total. The molecular weight excluding hydrogens is 291 g/mol. The minimum atomic E-state index is -0.204. The van der Waals surface area contributed by atoms with E-state index < -0.39 is 0 Å². The van der Waals surface area contributed by atoms with Crippen molar-refractivity contribution in [3.8, 4) is 0 Å². The topological polar surface area (TPSA) is 24.3 Å². The van der Waals surface area contributed by atoms with E-state index in [1.54, 1.807) is 0 Å². The van der Waals surface area contributed by atoms with Gasteiger partial charge in [0.05, 0.1) is 24.0 Å². The summed E-state index contributed by atoms with van der Waals surface area (Å²) in [5.41, 5.74) is 4.38. The summed E-state index contributed by atoms with van der Waals surface area (Å²) in [6.07, 6.45) is 1.86. The van der Waals surface area contributed by atoms with E-state index >= 15 is 0 Å². The largest absolute Gasteiger partial charge is 0.357 e. The Hall–Kier alpha value is -2.40. The van der Waals surface area contributed by atoms with Gasteiger partial charge in [-0.2, -0.15) is 0 Å². The fourth-order valence-corrected chi connectivity index (χ4v) is 3.10. The molecule has 0 amide bonds. The molecule has 1 aliphatic heterocycles. The van der Waals surface area contributed by atoms with Gasteiger partial charge in [-0.15, -0.1) is 0 Å². The molecule has 4 rings (SSSR count). The lowest BCUT2D eigenvalue weighted by Crippen LogP contribution is -2.22. The van der Waals surface area contributed by atoms with Crippen LogP contribution in [-0.4, -0.2) is 41.3 Å². The van der Waals surface area contributed by atoms with Crippen molar-refractivity contribution in [2.24, 2.45) is 0 Å². The van der Waals surface area contributed by atoms with E-state index in [-0.39, 0.29) is 5.82 Å². The molecule has 0 radical (unpaired) electrons. The molecule has 5 heteroatoms. The van der Waals surface area contributed by atoms with Gasteiger partial charge >= 0.3 is 0 Å². The van der Waals surface area contributed by atoms with Crippen LogP contribution < -0.4 is 4.90 Å². The Bertz CT molecular complexity index is 825. The summed E-state index contributed by atoms with van der Waals surface area (Å²) in [6.45, 7) is 3.81. The summed E-state index contributed by atoms with van der Waals surface area (Å²) in [5.74, 6) is -0.204. The van der Waals surface area contributed by atoms with Crippen LogP contribution in [0.5, 0.6) is 0 Å². The molecule has 2 heterocycles. The van der Waals surface area contributed by atoms with Crippen molar-refractivity contribution in [2.45, 2.75) is 6.54 Å². The van der Waals surface area contributed by atoms with Crippen LogP contribution in [0.15, 0.2) is 48.8 Å². The van der Waals surface area contributed by atoms with E-state index in [4.69, 9.17) is 0 Å². The van der Waals surface area contributed by atoms with Crippen LogP contribution in [0, 0.1) is 5.82 Å². The molecule has 0 aliphatic carbocycles. The average Bonchev–Trinajstić information content (AvgIpc) is 3.16. The molecule has 1 aliphatic rings. The molecule has 0 saturated carbocycles. The minimum Gasteiger partial charge on any atom is -0.357 e. The fourth-order valence-electron chi connectivity index (χ4n) is 3.10. The summed E-state index contributed by atoms with van der Waals surface area (Å²) in [7, 11) is 2.13. The molecule has 3 aromatic rings. The number of hydrogen-bond donors (Lipinski definition) is 0. The highest BCUT2D eigenvalue weighted by molar-refractivity contribution is 5.80. The Morgan fingerprint density at radius 2 is 1.91 bits per heavy atom. The van der Waals surface area contributed by atoms with E-state index in [9.17, 15) is 4.39 Å². The van der Waals surface area contributed by atoms with E-state index in [0.717, 1.165) is 36.4 Å². The highest BCUT2D eigenvalue weighted by Crippen LogP contribution is 2.23. The molecule has 23 heavy (non-hydrogen) atoms. The number of benzene rings is 2. The summed E-state index contributed by atoms with van der Waals surface area (Å²) < 4.78 is 15.1. The number of aromatic nitrogens is 2. The van der Waals surface area contributed by atoms with Crippen LogP contribution >= 0.6 is 0 Å². The maximum Gasteiger partial charge on any atom is 0.123 e. The van der Waals surface area contributed by atoms with Crippen LogP contribution in [-0.2, 0) is 6.54 Å². The van der Waals surface area contributed by atoms with Crippen molar-refractivity contribution in [1.82, 2.24) is 14.5 Å². The molecule has 2 aromatic carbocycles. The molecule has 1 fully saturated rings. The number of anilines is 1. The van der Waals surface area contributed by atoms with Crippen LogP contribution in [0.3, 0.4) is 0 Å². The monoisotopic (exact) mass is 310 g/mol. The van der Waals surface area contributed by atoms with Gasteiger partial charge in [0.25, 0.3) is 0 Å². The molecule has 118 valence electrons. The van der Waals surface area contributed by atoms with Gasteiger partial charge in [0.1, 0.15) is 5.82 Å². The third-order valence-corrected chi connectivity index (χ3v) is 4.40. The standard InChI is InChI=1S/C18H19FN4/c1-21-8-9-22(13-21)16-6-7-18-17(10-16)20-12-23(18)11-14-2-4-15(19)5-3-14/h2-7,10,12H,8-9,11,13H2,1H3. The second kappa shape index (κ2) is 5.66. The summed E-state index contributed by atoms with van der Waals surface area (Å²) in [4.78, 5) is 9.19. The molecule has 0 bridgehead atoms. The van der Waals surface area contributed by atoms with Crippen molar-refractivity contribution in [3.05, 3.63) is 60.2 Å². The Morgan fingerprint density at radius 3 is 2.65 bits per heavy atom. The van der Waals surface area contributed by atoms with E-state index in [2.05, 4.69) is 44.6 Å². The van der Waals surface area contributed by atoms with Crippen LogP contribution in [0.1, 0.15) is 5.56 Å². The second-order valence-electron chi connectivity index (χ2n) is 6.16. The number of fused-ring (bicyclic) bond motifs is 1. The predicted octanol–water partition coefficient (Wildman–Crippen LogP) is 2.93. The number of imidazole rings is 1. The van der Waals surface area contributed by atoms with Gasteiger partial charge in [-0.05, 0) is 42.9 Å². The fraction of sp³-hybridized carbons (Fsp3) is 0.278. The highest BCUT2D eigenvalue weighted by Gasteiger charge is 2.17. The van der Waals surface area contributed by atoms with Crippen molar-refractivity contribution < 1.29 is 4.39 Å². The van der Waals surface area contributed by atoms with Gasteiger partial charge in [-0.25, -0.2) is 9.37 Å². The van der Waals surface area contributed by atoms with Gasteiger partial charge in [0, 0.05) is 25.3 Å². The van der Waals surface area contributed by atoms with Gasteiger partial charge in [0.2, 0.25) is 0 Å². The van der Waals surface area contributed by atoms with Crippen molar-refractivity contribution in [2.75, 3.05) is 31.7 Å². The van der Waals surface area contributed by atoms with Crippen molar-refractivity contribution in [3.63, 3.8) is 0 Å². The van der Waals surface area contributed by atoms with E-state index in [1.807, 2.05) is 18.5 Å². The normalized spacial score (nSPS) is 15.7. The van der Waals surface area contributed by atoms with Gasteiger partial charge in [-0.1, -0.05) is 12.1 Å². The zero-order valence-electron chi connectivity index (χ0n) is 13.1. The first-order valence-electron chi connectivity index (χ1n) is 7.82. The van der Waals surface area contributed by atoms with Crippen LogP contribution in [0.4, 0.5) is 10.1 Å². The Kier molecular flexibility index (Phi) is 3.50. The van der Waals surface area contributed by atoms with Crippen molar-refractivity contribution >= 4 is 16.7 Å². The lowest BCUT2D eigenvalue weighted by molar-refractivity contribution is 0.421. The smallest absolute Gasteiger partial charge is 0.123 e. The third-order valence-electron chi connectivity index (χ3n) is 4.40. The first kappa shape index (κ1) is 14.2. The molecule has 0 unspecified atom stereocenters. The number of nitrogens with zero attached hydrogens (tertiary/aromatic N) is 4. The maximum absolute atomic E-state index is 13.0. The third kappa shape index (κ3) is 2.80. The molecule has 0 atom stereocenters. The van der Waals surface area contributed by atoms with Gasteiger partial charge in [-0.3, -0.25) is 4.90 Å². The number of halogens is 1. The first-order chi connectivity index (χ1) is 11.2. The molecule has 0 spiro atoms. The van der Waals surface area contributed by atoms with Gasteiger partial charge in [0.15, 0.2) is 0 Å². The van der Waals surface area contributed by atoms with E-state index in [1.165, 1.54) is 17.8 Å². The minimum absolute atomic E-state index is 0.204. The Balaban J connectivity index is 1.61. The number of rotatable bonds is 3. The summed E-state index contributed by atoms with van der Waals surface area (Å²) >= 11 is 0. The lowest BCUT2D eigenvalue weighted by Gasteiger charge is -2.18. The number of likely N-dealkylation sites (N-methyl/N-ethyl adjacent to an activating group) is 1. The molecular formula is C18H19FN4. The van der Waals surface area contributed by atoms with Gasteiger partial charge < -0.3 is 9.47 Å². The first-order valence-corrected chi connectivity index (χ1v) is 7.82. The molecule has 4 nitrogen and oxygen atoms in total. The van der Waals surface area contributed by atoms with Crippen LogP contribution in [0.2, 0.25) is 0 Å². The maximum atomic E-state index is 13.0. The molecule has 1 aromatic heterocycles. The van der Waals surface area contributed by atoms with Crippen molar-refractivity contribution in [1.29, 1.82) is 0 Å². The highest BCUT2D eigenvalue weighted by atomic mass is 19.1. The summed E-state index contributed by atoms with van der Waals surface area (Å²) in [6, 6.07) is 13.1. The number of hydrogen-bond acceptors (Lipinski definition) is 3. The molecule has 1 saturated heterocycles.